The van der Waals surface area contributed by atoms with Crippen LogP contribution in [-0.2, 0) is 6.42 Å². The van der Waals surface area contributed by atoms with Gasteiger partial charge in [-0.05, 0) is 108 Å². The summed E-state index contributed by atoms with van der Waals surface area (Å²) in [7, 11) is 0. The molecule has 244 valence electrons. The predicted molar refractivity (Wildman–Crippen MR) is 189 cm³/mol. The van der Waals surface area contributed by atoms with Crippen LogP contribution in [0.2, 0.25) is 0 Å². The average molecular weight is 640 g/mol. The Labute approximate surface area is 281 Å². The summed E-state index contributed by atoms with van der Waals surface area (Å²) < 4.78 is 7.18. The van der Waals surface area contributed by atoms with Gasteiger partial charge in [0.05, 0.1) is 22.4 Å². The first-order valence-corrected chi connectivity index (χ1v) is 17.0. The number of ether oxygens (including phenoxy) is 1. The van der Waals surface area contributed by atoms with Crippen molar-refractivity contribution in [2.75, 3.05) is 0 Å². The molecule has 2 heterocycles. The molecule has 0 amide bonds. The van der Waals surface area contributed by atoms with E-state index in [0.717, 1.165) is 52.8 Å². The SMILES string of the molecule is CC1CC(C)(C)N=C2C=CC3C(=C21)C=CC1=C(c2ccc(C(=O)O)cc2C(=O)O)c2ccc4c5c(ccc4c2OC13)CC(C)(C)CC5C. The van der Waals surface area contributed by atoms with Crippen molar-refractivity contribution >= 4 is 34.0 Å². The standard InChI is InChI=1S/C42H41NO5/c1-21-18-41(3,4)20-24-8-10-28-25(34(21)24)11-13-30-36(27-9-7-23(39(44)45)17-32(27)40(46)47)31-14-12-26-29(38(31)48-37(28)30)15-16-33-35(26)22(2)19-42(5,6)43-33/h7-17,21-22,29,38H,18-20H2,1-6H3,(H,44,45)(H,46,47). The number of fused-ring (bicyclic) bond motifs is 9. The summed E-state index contributed by atoms with van der Waals surface area (Å²) in [4.78, 5) is 29.8. The van der Waals surface area contributed by atoms with Gasteiger partial charge in [-0.2, -0.15) is 0 Å². The van der Waals surface area contributed by atoms with Crippen LogP contribution < -0.4 is 4.74 Å². The molecule has 4 unspecified atom stereocenters. The van der Waals surface area contributed by atoms with E-state index in [9.17, 15) is 19.8 Å². The molecule has 6 heteroatoms. The Morgan fingerprint density at radius 1 is 0.833 bits per heavy atom. The Morgan fingerprint density at radius 3 is 2.31 bits per heavy atom. The van der Waals surface area contributed by atoms with Crippen molar-refractivity contribution in [2.24, 2.45) is 22.2 Å². The molecule has 5 aliphatic rings. The number of hydrogen-bond donors (Lipinski definition) is 2. The maximum absolute atomic E-state index is 12.8. The van der Waals surface area contributed by atoms with E-state index in [-0.39, 0.29) is 28.0 Å². The highest BCUT2D eigenvalue weighted by atomic mass is 16.5. The van der Waals surface area contributed by atoms with Crippen LogP contribution in [-0.4, -0.2) is 39.5 Å². The topological polar surface area (TPSA) is 96.2 Å². The third-order valence-electron chi connectivity index (χ3n) is 11.1. The molecule has 8 rings (SSSR count). The number of carboxylic acid groups (broad SMARTS) is 2. The molecular weight excluding hydrogens is 598 g/mol. The van der Waals surface area contributed by atoms with Crippen molar-refractivity contribution in [3.8, 4) is 5.75 Å². The van der Waals surface area contributed by atoms with Crippen molar-refractivity contribution in [1.82, 2.24) is 0 Å². The minimum absolute atomic E-state index is 0.0420. The van der Waals surface area contributed by atoms with E-state index < -0.39 is 18.0 Å². The fourth-order valence-electron chi connectivity index (χ4n) is 9.55. The summed E-state index contributed by atoms with van der Waals surface area (Å²) >= 11 is 0. The molecule has 2 aliphatic heterocycles. The summed E-state index contributed by atoms with van der Waals surface area (Å²) in [6.45, 7) is 13.6. The maximum atomic E-state index is 12.8. The number of carboxylic acids is 2. The molecule has 0 aromatic heterocycles. The quantitative estimate of drug-likeness (QED) is 0.298. The largest absolute Gasteiger partial charge is 0.483 e. The summed E-state index contributed by atoms with van der Waals surface area (Å²) in [5, 5.41) is 22.3. The third kappa shape index (κ3) is 4.63. The Kier molecular flexibility index (Phi) is 6.63. The van der Waals surface area contributed by atoms with Crippen LogP contribution >= 0.6 is 0 Å². The second-order valence-electron chi connectivity index (χ2n) is 15.9. The Hall–Kier alpha value is -4.71. The lowest BCUT2D eigenvalue weighted by Gasteiger charge is -2.42. The maximum Gasteiger partial charge on any atom is 0.336 e. The van der Waals surface area contributed by atoms with E-state index in [2.05, 4.69) is 90.1 Å². The first-order chi connectivity index (χ1) is 22.7. The molecule has 0 saturated heterocycles. The lowest BCUT2D eigenvalue weighted by molar-refractivity contribution is 0.0695. The minimum Gasteiger partial charge on any atom is -0.483 e. The van der Waals surface area contributed by atoms with Crippen LogP contribution in [0.15, 0.2) is 88.5 Å². The lowest BCUT2D eigenvalue weighted by Crippen LogP contribution is -2.39. The van der Waals surface area contributed by atoms with E-state index in [0.29, 0.717) is 17.4 Å². The smallest absolute Gasteiger partial charge is 0.336 e. The first-order valence-electron chi connectivity index (χ1n) is 17.0. The molecule has 3 aromatic carbocycles. The van der Waals surface area contributed by atoms with Crippen molar-refractivity contribution in [2.45, 2.75) is 78.4 Å². The molecule has 6 nitrogen and oxygen atoms in total. The van der Waals surface area contributed by atoms with Gasteiger partial charge in [0.15, 0.2) is 0 Å². The number of aliphatic imine (C=N–C) groups is 1. The van der Waals surface area contributed by atoms with Gasteiger partial charge in [0.1, 0.15) is 11.9 Å². The van der Waals surface area contributed by atoms with Crippen LogP contribution in [0.25, 0.3) is 16.3 Å². The van der Waals surface area contributed by atoms with E-state index in [1.807, 2.05) is 0 Å². The van der Waals surface area contributed by atoms with Gasteiger partial charge in [0.25, 0.3) is 0 Å². The highest BCUT2D eigenvalue weighted by Gasteiger charge is 2.43. The average Bonchev–Trinajstić information content (AvgIpc) is 3.01. The van der Waals surface area contributed by atoms with Gasteiger partial charge >= 0.3 is 11.9 Å². The second-order valence-corrected chi connectivity index (χ2v) is 15.9. The molecule has 0 radical (unpaired) electrons. The minimum atomic E-state index is -1.17. The highest BCUT2D eigenvalue weighted by molar-refractivity contribution is 6.12. The zero-order chi connectivity index (χ0) is 33.9. The van der Waals surface area contributed by atoms with Gasteiger partial charge in [-0.1, -0.05) is 70.2 Å². The molecular formula is C42H41NO5. The van der Waals surface area contributed by atoms with Crippen LogP contribution in [0.3, 0.4) is 0 Å². The van der Waals surface area contributed by atoms with Gasteiger partial charge in [-0.15, -0.1) is 0 Å². The van der Waals surface area contributed by atoms with E-state index in [1.54, 1.807) is 6.07 Å². The Balaban J connectivity index is 1.40. The van der Waals surface area contributed by atoms with Crippen LogP contribution in [0.4, 0.5) is 0 Å². The molecule has 3 aliphatic carbocycles. The molecule has 3 aromatic rings. The molecule has 2 N–H and O–H groups in total. The van der Waals surface area contributed by atoms with E-state index in [1.165, 1.54) is 39.8 Å². The summed E-state index contributed by atoms with van der Waals surface area (Å²) in [5.74, 6) is -0.974. The summed E-state index contributed by atoms with van der Waals surface area (Å²) in [6, 6.07) is 13.1. The fraction of sp³-hybridized carbons (Fsp3) is 0.357. The summed E-state index contributed by atoms with van der Waals surface area (Å²) in [6.07, 6.45) is 11.3. The first kappa shape index (κ1) is 30.6. The number of aromatic carboxylic acids is 2. The van der Waals surface area contributed by atoms with Crippen LogP contribution in [0.1, 0.15) is 103 Å². The number of benzene rings is 3. The number of rotatable bonds is 3. The number of allylic oxidation sites excluding steroid dienone is 3. The lowest BCUT2D eigenvalue weighted by atomic mass is 9.68. The predicted octanol–water partition coefficient (Wildman–Crippen LogP) is 9.19. The highest BCUT2D eigenvalue weighted by Crippen LogP contribution is 2.53. The Morgan fingerprint density at radius 2 is 1.56 bits per heavy atom. The van der Waals surface area contributed by atoms with Crippen LogP contribution in [0, 0.1) is 17.3 Å². The fourth-order valence-corrected chi connectivity index (χ4v) is 9.55. The third-order valence-corrected chi connectivity index (χ3v) is 11.1. The zero-order valence-electron chi connectivity index (χ0n) is 28.3. The van der Waals surface area contributed by atoms with E-state index in [4.69, 9.17) is 9.73 Å². The van der Waals surface area contributed by atoms with E-state index >= 15 is 0 Å². The van der Waals surface area contributed by atoms with Gasteiger partial charge in [-0.3, -0.25) is 4.99 Å². The second kappa shape index (κ2) is 10.4. The van der Waals surface area contributed by atoms with Crippen LogP contribution in [0.5, 0.6) is 5.75 Å². The molecule has 0 saturated carbocycles. The molecule has 4 atom stereocenters. The Bertz CT molecular complexity index is 2140. The monoisotopic (exact) mass is 639 g/mol. The molecule has 0 bridgehead atoms. The summed E-state index contributed by atoms with van der Waals surface area (Å²) in [5.41, 5.74) is 9.20. The van der Waals surface area contributed by atoms with Gasteiger partial charge < -0.3 is 14.9 Å². The van der Waals surface area contributed by atoms with Crippen molar-refractivity contribution in [3.05, 3.63) is 117 Å². The number of carbonyl (C=O) groups is 2. The molecule has 48 heavy (non-hydrogen) atoms. The molecule has 0 spiro atoms. The van der Waals surface area contributed by atoms with Crippen molar-refractivity contribution in [1.29, 1.82) is 0 Å². The van der Waals surface area contributed by atoms with Crippen molar-refractivity contribution < 1.29 is 24.5 Å². The van der Waals surface area contributed by atoms with Gasteiger partial charge in [0.2, 0.25) is 0 Å². The zero-order valence-corrected chi connectivity index (χ0v) is 28.3. The van der Waals surface area contributed by atoms with Gasteiger partial charge in [0, 0.05) is 28.0 Å². The van der Waals surface area contributed by atoms with Gasteiger partial charge in [-0.25, -0.2) is 9.59 Å². The number of nitrogens with zero attached hydrogens (tertiary/aromatic N) is 1. The number of hydrogen-bond acceptors (Lipinski definition) is 4. The normalized spacial score (nSPS) is 26.1. The van der Waals surface area contributed by atoms with Crippen molar-refractivity contribution in [3.63, 3.8) is 0 Å². The molecule has 0 fully saturated rings.